The van der Waals surface area contributed by atoms with Gasteiger partial charge in [-0.25, -0.2) is 0 Å². The van der Waals surface area contributed by atoms with Crippen molar-refractivity contribution >= 4 is 29.0 Å². The summed E-state index contributed by atoms with van der Waals surface area (Å²) in [5.74, 6) is 1.41. The molecule has 7 heteroatoms. The highest BCUT2D eigenvalue weighted by atomic mass is 32.1. The Labute approximate surface area is 152 Å². The van der Waals surface area contributed by atoms with Gasteiger partial charge >= 0.3 is 0 Å². The van der Waals surface area contributed by atoms with Crippen LogP contribution in [0.4, 0.5) is 5.69 Å². The molecular weight excluding hydrogens is 334 g/mol. The zero-order valence-electron chi connectivity index (χ0n) is 15.0. The Balaban J connectivity index is 1.67. The molecule has 0 aliphatic carbocycles. The molecule has 3 heterocycles. The number of aliphatic imine (C=N–C) groups is 1. The minimum absolute atomic E-state index is 0.0141. The molecule has 1 amide bonds. The fourth-order valence-corrected chi connectivity index (χ4v) is 4.23. The van der Waals surface area contributed by atoms with Crippen molar-refractivity contribution in [3.8, 4) is 0 Å². The second-order valence-electron chi connectivity index (χ2n) is 6.42. The molecule has 0 saturated carbocycles. The number of piperidine rings is 1. The van der Waals surface area contributed by atoms with E-state index >= 15 is 0 Å². The second-order valence-corrected chi connectivity index (χ2v) is 7.19. The fourth-order valence-electron chi connectivity index (χ4n) is 3.45. The van der Waals surface area contributed by atoms with E-state index < -0.39 is 0 Å². The lowest BCUT2D eigenvalue weighted by atomic mass is 9.85. The molecule has 0 atom stereocenters. The number of nitrogens with one attached hydrogen (secondary N) is 1. The number of nitrogens with two attached hydrogens (primary N) is 1. The van der Waals surface area contributed by atoms with E-state index in [0.717, 1.165) is 43.9 Å². The van der Waals surface area contributed by atoms with E-state index in [9.17, 15) is 4.79 Å². The van der Waals surface area contributed by atoms with Crippen LogP contribution >= 0.6 is 11.5 Å². The second kappa shape index (κ2) is 7.39. The van der Waals surface area contributed by atoms with Gasteiger partial charge in [-0.15, -0.1) is 0 Å². The number of amidine groups is 1. The Morgan fingerprint density at radius 1 is 1.52 bits per heavy atom. The number of carbonyl (C=O) groups excluding carboxylic acids is 1. The number of aromatic nitrogens is 1. The topological polar surface area (TPSA) is 83.6 Å². The van der Waals surface area contributed by atoms with Crippen LogP contribution in [0.3, 0.4) is 0 Å². The summed E-state index contributed by atoms with van der Waals surface area (Å²) in [6.45, 7) is 5.46. The molecule has 2 aliphatic rings. The zero-order chi connectivity index (χ0) is 18.0. The lowest BCUT2D eigenvalue weighted by molar-refractivity contribution is 0.0709. The smallest absolute Gasteiger partial charge is 0.267 e. The summed E-state index contributed by atoms with van der Waals surface area (Å²) in [4.78, 5) is 19.5. The Morgan fingerprint density at radius 2 is 2.24 bits per heavy atom. The normalized spacial score (nSPS) is 21.7. The maximum Gasteiger partial charge on any atom is 0.267 e. The van der Waals surface area contributed by atoms with E-state index in [-0.39, 0.29) is 5.91 Å². The third kappa shape index (κ3) is 3.33. The van der Waals surface area contributed by atoms with Crippen molar-refractivity contribution in [2.24, 2.45) is 10.9 Å². The van der Waals surface area contributed by atoms with Crippen LogP contribution in [0.25, 0.3) is 0 Å². The molecule has 134 valence electrons. The number of anilines is 1. The maximum atomic E-state index is 12.7. The molecule has 3 N–H and O–H groups in total. The molecule has 0 aromatic carbocycles. The van der Waals surface area contributed by atoms with Crippen LogP contribution in [0.15, 0.2) is 28.4 Å². The van der Waals surface area contributed by atoms with Gasteiger partial charge in [0.2, 0.25) is 0 Å². The molecule has 6 nitrogen and oxygen atoms in total. The number of likely N-dealkylation sites (tertiary alicyclic amines) is 1. The van der Waals surface area contributed by atoms with Crippen molar-refractivity contribution < 1.29 is 4.79 Å². The molecule has 0 bridgehead atoms. The number of carbonyl (C=O) groups is 1. The minimum Gasteiger partial charge on any atom is -0.396 e. The summed E-state index contributed by atoms with van der Waals surface area (Å²) in [6.07, 6.45) is 7.20. The average molecular weight is 359 g/mol. The quantitative estimate of drug-likeness (QED) is 0.869. The molecule has 0 spiro atoms. The molecule has 25 heavy (non-hydrogen) atoms. The molecule has 0 radical (unpaired) electrons. The third-order valence-corrected chi connectivity index (χ3v) is 5.83. The first-order valence-corrected chi connectivity index (χ1v) is 9.49. The molecule has 1 aromatic rings. The predicted octanol–water partition coefficient (Wildman–Crippen LogP) is 2.74. The zero-order valence-corrected chi connectivity index (χ0v) is 15.8. The number of nitrogens with zero attached hydrogens (tertiary/aromatic N) is 3. The molecular formula is C18H25N5OS. The van der Waals surface area contributed by atoms with Crippen LogP contribution in [0.2, 0.25) is 0 Å². The Bertz CT molecular complexity index is 754. The SMILES string of the molecule is CC/C=C1/C(C2CCN(C(=O)c3snc(C)c3N)CC2)=CNC1=NC. The summed E-state index contributed by atoms with van der Waals surface area (Å²) in [5, 5.41) is 3.27. The van der Waals surface area contributed by atoms with E-state index in [4.69, 9.17) is 5.73 Å². The molecule has 1 aromatic heterocycles. The van der Waals surface area contributed by atoms with E-state index in [1.54, 1.807) is 0 Å². The van der Waals surface area contributed by atoms with Gasteiger partial charge in [-0.3, -0.25) is 9.79 Å². The lowest BCUT2D eigenvalue weighted by Gasteiger charge is -2.32. The van der Waals surface area contributed by atoms with Gasteiger partial charge in [0, 0.05) is 31.9 Å². The summed E-state index contributed by atoms with van der Waals surface area (Å²) in [7, 11) is 1.81. The summed E-state index contributed by atoms with van der Waals surface area (Å²) < 4.78 is 4.19. The predicted molar refractivity (Wildman–Crippen MR) is 103 cm³/mol. The van der Waals surface area contributed by atoms with Crippen LogP contribution in [-0.2, 0) is 0 Å². The van der Waals surface area contributed by atoms with Crippen LogP contribution < -0.4 is 11.1 Å². The summed E-state index contributed by atoms with van der Waals surface area (Å²) >= 11 is 1.20. The molecule has 0 unspecified atom stereocenters. The molecule has 1 fully saturated rings. The monoisotopic (exact) mass is 359 g/mol. The van der Waals surface area contributed by atoms with Gasteiger partial charge in [0.05, 0.1) is 11.4 Å². The highest BCUT2D eigenvalue weighted by Crippen LogP contribution is 2.33. The number of aryl methyl sites for hydroxylation is 1. The number of rotatable bonds is 3. The Morgan fingerprint density at radius 3 is 2.80 bits per heavy atom. The van der Waals surface area contributed by atoms with Gasteiger partial charge in [-0.2, -0.15) is 4.37 Å². The highest BCUT2D eigenvalue weighted by molar-refractivity contribution is 7.08. The number of hydrogen-bond acceptors (Lipinski definition) is 5. The van der Waals surface area contributed by atoms with E-state index in [0.29, 0.717) is 16.5 Å². The molecule has 3 rings (SSSR count). The van der Waals surface area contributed by atoms with Gasteiger partial charge in [0.25, 0.3) is 5.91 Å². The van der Waals surface area contributed by atoms with Crippen molar-refractivity contribution in [2.75, 3.05) is 25.9 Å². The van der Waals surface area contributed by atoms with Crippen LogP contribution in [0.1, 0.15) is 41.6 Å². The maximum absolute atomic E-state index is 12.7. The standard InChI is InChI=1S/C18H25N5OS/c1-4-5-13-14(10-21-17(13)20-3)12-6-8-23(9-7-12)18(24)16-15(19)11(2)22-25-16/h5,10,12H,4,6-9,19H2,1-3H3,(H,20,21)/b13-5-. The van der Waals surface area contributed by atoms with Crippen molar-refractivity contribution in [3.05, 3.63) is 34.0 Å². The molecule has 1 saturated heterocycles. The Hall–Kier alpha value is -2.15. The van der Waals surface area contributed by atoms with Gasteiger partial charge in [0.15, 0.2) is 0 Å². The fraction of sp³-hybridized carbons (Fsp3) is 0.500. The van der Waals surface area contributed by atoms with E-state index in [1.165, 1.54) is 22.7 Å². The Kier molecular flexibility index (Phi) is 5.22. The first-order chi connectivity index (χ1) is 12.1. The number of nitrogen functional groups attached to an aromatic ring is 1. The van der Waals surface area contributed by atoms with Crippen LogP contribution in [0.5, 0.6) is 0 Å². The average Bonchev–Trinajstić information content (AvgIpc) is 3.19. The van der Waals surface area contributed by atoms with Gasteiger partial charge in [-0.05, 0) is 49.2 Å². The van der Waals surface area contributed by atoms with Gasteiger partial charge in [-0.1, -0.05) is 13.0 Å². The van der Waals surface area contributed by atoms with Gasteiger partial charge < -0.3 is 16.0 Å². The first kappa shape index (κ1) is 17.7. The summed E-state index contributed by atoms with van der Waals surface area (Å²) in [6, 6.07) is 0. The van der Waals surface area contributed by atoms with E-state index in [1.807, 2.05) is 18.9 Å². The highest BCUT2D eigenvalue weighted by Gasteiger charge is 2.31. The minimum atomic E-state index is 0.0141. The van der Waals surface area contributed by atoms with Crippen molar-refractivity contribution in [1.82, 2.24) is 14.6 Å². The third-order valence-electron chi connectivity index (χ3n) is 4.89. The molecule has 2 aliphatic heterocycles. The van der Waals surface area contributed by atoms with Crippen LogP contribution in [0, 0.1) is 12.8 Å². The summed E-state index contributed by atoms with van der Waals surface area (Å²) in [5.41, 5.74) is 9.79. The van der Waals surface area contributed by atoms with Crippen molar-refractivity contribution in [3.63, 3.8) is 0 Å². The van der Waals surface area contributed by atoms with Crippen molar-refractivity contribution in [2.45, 2.75) is 33.1 Å². The number of amides is 1. The largest absolute Gasteiger partial charge is 0.396 e. The van der Waals surface area contributed by atoms with Gasteiger partial charge in [0.1, 0.15) is 10.7 Å². The van der Waals surface area contributed by atoms with Crippen molar-refractivity contribution in [1.29, 1.82) is 0 Å². The number of allylic oxidation sites excluding steroid dienone is 1. The van der Waals surface area contributed by atoms with E-state index in [2.05, 4.69) is 33.9 Å². The number of hydrogen-bond donors (Lipinski definition) is 2. The first-order valence-electron chi connectivity index (χ1n) is 8.72. The van der Waals surface area contributed by atoms with Crippen LogP contribution in [-0.4, -0.2) is 41.2 Å². The lowest BCUT2D eigenvalue weighted by Crippen LogP contribution is -2.38.